The van der Waals surface area contributed by atoms with Crippen molar-refractivity contribution in [1.29, 1.82) is 0 Å². The molecule has 2 bridgehead atoms. The number of nitrogens with zero attached hydrogens (tertiary/aromatic N) is 1. The Bertz CT molecular complexity index is 423. The molecule has 2 saturated heterocycles. The Morgan fingerprint density at radius 2 is 2.32 bits per heavy atom. The van der Waals surface area contributed by atoms with Crippen LogP contribution in [-0.4, -0.2) is 59.0 Å². The van der Waals surface area contributed by atoms with Gasteiger partial charge >= 0.3 is 12.1 Å². The zero-order chi connectivity index (χ0) is 14.0. The average Bonchev–Trinajstić information content (AvgIpc) is 2.92. The third-order valence-electron chi connectivity index (χ3n) is 3.28. The summed E-state index contributed by atoms with van der Waals surface area (Å²) in [4.78, 5) is 45.7. The lowest BCUT2D eigenvalue weighted by Gasteiger charge is -2.26. The molecular weight excluding hydrogens is 256 g/mol. The molecule has 0 saturated carbocycles. The minimum absolute atomic E-state index is 0.0141. The van der Waals surface area contributed by atoms with Crippen LogP contribution in [0.2, 0.25) is 0 Å². The van der Waals surface area contributed by atoms with Crippen LogP contribution in [0.4, 0.5) is 4.79 Å². The van der Waals surface area contributed by atoms with E-state index in [4.69, 9.17) is 9.84 Å². The van der Waals surface area contributed by atoms with Crippen LogP contribution in [0.15, 0.2) is 0 Å². The minimum Gasteiger partial charge on any atom is -0.465 e. The van der Waals surface area contributed by atoms with Gasteiger partial charge in [-0.15, -0.1) is 0 Å². The number of likely N-dealkylation sites (tertiary alicyclic amines) is 1. The van der Waals surface area contributed by atoms with Gasteiger partial charge in [-0.1, -0.05) is 0 Å². The number of aldehydes is 1. The number of rotatable bonds is 5. The van der Waals surface area contributed by atoms with E-state index in [1.54, 1.807) is 0 Å². The van der Waals surface area contributed by atoms with E-state index in [1.165, 1.54) is 4.90 Å². The van der Waals surface area contributed by atoms with Crippen molar-refractivity contribution >= 4 is 24.3 Å². The predicted octanol–water partition coefficient (Wildman–Crippen LogP) is -0.872. The van der Waals surface area contributed by atoms with E-state index in [1.807, 2.05) is 5.32 Å². The number of nitrogens with one attached hydrogen (secondary N) is 1. The summed E-state index contributed by atoms with van der Waals surface area (Å²) in [5, 5.41) is 10.5. The minimum atomic E-state index is -1.31. The molecule has 2 heterocycles. The molecule has 0 aromatic carbocycles. The SMILES string of the molecule is O=CC(CCC(=O)N1C[C@H]2C[C@@H]1C(=O)O2)NC(=O)O. The van der Waals surface area contributed by atoms with Gasteiger partial charge in [0.1, 0.15) is 18.4 Å². The van der Waals surface area contributed by atoms with E-state index in [9.17, 15) is 19.2 Å². The van der Waals surface area contributed by atoms with Crippen LogP contribution in [0.5, 0.6) is 0 Å². The van der Waals surface area contributed by atoms with E-state index in [0.29, 0.717) is 19.3 Å². The van der Waals surface area contributed by atoms with Crippen molar-refractivity contribution in [2.45, 2.75) is 37.5 Å². The monoisotopic (exact) mass is 270 g/mol. The molecule has 2 fully saturated rings. The molecule has 2 aliphatic rings. The molecule has 2 amide bonds. The smallest absolute Gasteiger partial charge is 0.405 e. The number of morpholine rings is 1. The predicted molar refractivity (Wildman–Crippen MR) is 60.2 cm³/mol. The highest BCUT2D eigenvalue weighted by molar-refractivity contribution is 5.87. The topological polar surface area (TPSA) is 113 Å². The normalized spacial score (nSPS) is 25.9. The number of hydrogen-bond acceptors (Lipinski definition) is 5. The lowest BCUT2D eigenvalue weighted by molar-refractivity contribution is -0.157. The highest BCUT2D eigenvalue weighted by Crippen LogP contribution is 2.29. The Labute approximate surface area is 108 Å². The number of fused-ring (bicyclic) bond motifs is 2. The van der Waals surface area contributed by atoms with Crippen molar-refractivity contribution in [2.24, 2.45) is 0 Å². The van der Waals surface area contributed by atoms with E-state index >= 15 is 0 Å². The van der Waals surface area contributed by atoms with Crippen LogP contribution in [0.3, 0.4) is 0 Å². The summed E-state index contributed by atoms with van der Waals surface area (Å²) in [7, 11) is 0. The van der Waals surface area contributed by atoms with E-state index in [0.717, 1.165) is 0 Å². The van der Waals surface area contributed by atoms with Gasteiger partial charge in [0.2, 0.25) is 5.91 Å². The van der Waals surface area contributed by atoms with Gasteiger partial charge in [0.15, 0.2) is 0 Å². The Morgan fingerprint density at radius 1 is 1.58 bits per heavy atom. The van der Waals surface area contributed by atoms with Gasteiger partial charge in [-0.3, -0.25) is 4.79 Å². The third kappa shape index (κ3) is 2.83. The molecule has 0 aromatic heterocycles. The Balaban J connectivity index is 1.83. The first-order valence-electron chi connectivity index (χ1n) is 5.96. The van der Waals surface area contributed by atoms with Crippen molar-refractivity contribution in [2.75, 3.05) is 6.54 Å². The second kappa shape index (κ2) is 5.25. The molecule has 0 aliphatic carbocycles. The summed E-state index contributed by atoms with van der Waals surface area (Å²) in [5.41, 5.74) is 0. The standard InChI is InChI=1S/C11H14N2O6/c14-5-6(12-11(17)18)1-2-9(15)13-4-7-3-8(13)10(16)19-7/h5-8,12H,1-4H2,(H,17,18)/t6?,7-,8-/m1/s1. The maximum atomic E-state index is 11.9. The Morgan fingerprint density at radius 3 is 2.84 bits per heavy atom. The Kier molecular flexibility index (Phi) is 3.68. The van der Waals surface area contributed by atoms with Gasteiger partial charge in [-0.25, -0.2) is 9.59 Å². The van der Waals surface area contributed by atoms with Crippen molar-refractivity contribution in [1.82, 2.24) is 10.2 Å². The third-order valence-corrected chi connectivity index (χ3v) is 3.28. The molecule has 19 heavy (non-hydrogen) atoms. The van der Waals surface area contributed by atoms with E-state index < -0.39 is 18.2 Å². The fourth-order valence-electron chi connectivity index (χ4n) is 2.38. The van der Waals surface area contributed by atoms with Crippen LogP contribution in [0.25, 0.3) is 0 Å². The summed E-state index contributed by atoms with van der Waals surface area (Å²) in [5.74, 6) is -0.650. The molecule has 1 unspecified atom stereocenters. The molecular formula is C11H14N2O6. The largest absolute Gasteiger partial charge is 0.465 e. The molecule has 0 spiro atoms. The van der Waals surface area contributed by atoms with Gasteiger partial charge < -0.3 is 24.9 Å². The van der Waals surface area contributed by atoms with Crippen molar-refractivity contribution in [3.05, 3.63) is 0 Å². The number of carbonyl (C=O) groups excluding carboxylic acids is 3. The molecule has 3 atom stereocenters. The average molecular weight is 270 g/mol. The van der Waals surface area contributed by atoms with Gasteiger partial charge in [0.25, 0.3) is 0 Å². The fraction of sp³-hybridized carbons (Fsp3) is 0.636. The van der Waals surface area contributed by atoms with Crippen LogP contribution < -0.4 is 5.32 Å². The van der Waals surface area contributed by atoms with E-state index in [2.05, 4.69) is 0 Å². The van der Waals surface area contributed by atoms with E-state index in [-0.39, 0.29) is 30.8 Å². The van der Waals surface area contributed by atoms with Crippen molar-refractivity contribution in [3.8, 4) is 0 Å². The number of carbonyl (C=O) groups is 4. The molecule has 0 radical (unpaired) electrons. The number of amides is 2. The lowest BCUT2D eigenvalue weighted by Crippen LogP contribution is -2.45. The zero-order valence-corrected chi connectivity index (χ0v) is 10.1. The molecule has 104 valence electrons. The molecule has 2 N–H and O–H groups in total. The second-order valence-electron chi connectivity index (χ2n) is 4.59. The number of esters is 1. The van der Waals surface area contributed by atoms with Crippen LogP contribution in [-0.2, 0) is 19.1 Å². The first-order valence-corrected chi connectivity index (χ1v) is 5.96. The molecule has 8 heteroatoms. The first kappa shape index (κ1) is 13.3. The molecule has 8 nitrogen and oxygen atoms in total. The fourth-order valence-corrected chi connectivity index (χ4v) is 2.38. The zero-order valence-electron chi connectivity index (χ0n) is 10.1. The highest BCUT2D eigenvalue weighted by Gasteiger charge is 2.48. The van der Waals surface area contributed by atoms with Gasteiger partial charge in [-0.05, 0) is 6.42 Å². The summed E-state index contributed by atoms with van der Waals surface area (Å²) >= 11 is 0. The first-order chi connectivity index (χ1) is 9.01. The maximum absolute atomic E-state index is 11.9. The summed E-state index contributed by atoms with van der Waals surface area (Å²) < 4.78 is 4.96. The molecule has 0 aromatic rings. The molecule has 2 rings (SSSR count). The van der Waals surface area contributed by atoms with Gasteiger partial charge in [0, 0.05) is 12.8 Å². The highest BCUT2D eigenvalue weighted by atomic mass is 16.6. The van der Waals surface area contributed by atoms with Crippen LogP contribution in [0, 0.1) is 0 Å². The number of carboxylic acid groups (broad SMARTS) is 1. The van der Waals surface area contributed by atoms with Gasteiger partial charge in [0.05, 0.1) is 12.6 Å². The second-order valence-corrected chi connectivity index (χ2v) is 4.59. The summed E-state index contributed by atoms with van der Waals surface area (Å²) in [6.45, 7) is 0.382. The maximum Gasteiger partial charge on any atom is 0.405 e. The van der Waals surface area contributed by atoms with Gasteiger partial charge in [-0.2, -0.15) is 0 Å². The van der Waals surface area contributed by atoms with Crippen LogP contribution >= 0.6 is 0 Å². The van der Waals surface area contributed by atoms with Crippen LogP contribution in [0.1, 0.15) is 19.3 Å². The molecule has 2 aliphatic heterocycles. The number of ether oxygens (including phenoxy) is 1. The number of hydrogen-bond donors (Lipinski definition) is 2. The summed E-state index contributed by atoms with van der Waals surface area (Å²) in [6, 6.07) is -1.42. The lowest BCUT2D eigenvalue weighted by atomic mass is 10.1. The van der Waals surface area contributed by atoms with Crippen molar-refractivity contribution in [3.63, 3.8) is 0 Å². The summed E-state index contributed by atoms with van der Waals surface area (Å²) in [6.07, 6.45) is -0.465. The quantitative estimate of drug-likeness (QED) is 0.496. The van der Waals surface area contributed by atoms with Crippen molar-refractivity contribution < 1.29 is 29.0 Å². The Hall–Kier alpha value is -2.12.